The molecule has 0 aromatic carbocycles. The molecule has 0 aliphatic rings. The summed E-state index contributed by atoms with van der Waals surface area (Å²) in [6.07, 6.45) is 0. The molecule has 0 amide bonds. The third kappa shape index (κ3) is 5.41. The predicted octanol–water partition coefficient (Wildman–Crippen LogP) is -1.51. The Morgan fingerprint density at radius 2 is 2.27 bits per heavy atom. The monoisotopic (exact) mass is 156 g/mol. The maximum absolute atomic E-state index is 10.6. The van der Waals surface area contributed by atoms with Gasteiger partial charge >= 0.3 is 63.8 Å². The van der Waals surface area contributed by atoms with Gasteiger partial charge in [0.25, 0.3) is 0 Å². The van der Waals surface area contributed by atoms with E-state index in [1.165, 1.54) is 14.1 Å². The van der Waals surface area contributed by atoms with Crippen molar-refractivity contribution in [2.24, 2.45) is 4.90 Å². The summed E-state index contributed by atoms with van der Waals surface area (Å²) in [6.45, 7) is 0.799. The SMILES string of the molecule is CC(=O)C(=O)CN/B=N/CO. The first-order chi connectivity index (χ1) is 5.18. The van der Waals surface area contributed by atoms with Crippen LogP contribution in [0, 0.1) is 0 Å². The molecule has 0 atom stereocenters. The van der Waals surface area contributed by atoms with Crippen LogP contribution in [0.1, 0.15) is 6.92 Å². The molecule has 5 nitrogen and oxygen atoms in total. The van der Waals surface area contributed by atoms with Crippen LogP contribution in [0.25, 0.3) is 0 Å². The Labute approximate surface area is 64.8 Å². The van der Waals surface area contributed by atoms with E-state index in [1.807, 2.05) is 0 Å². The molecule has 11 heavy (non-hydrogen) atoms. The summed E-state index contributed by atoms with van der Waals surface area (Å²) < 4.78 is 0. The van der Waals surface area contributed by atoms with Crippen molar-refractivity contribution in [1.82, 2.24) is 5.23 Å². The Morgan fingerprint density at radius 1 is 1.64 bits per heavy atom. The zero-order chi connectivity index (χ0) is 8.69. The summed E-state index contributed by atoms with van der Waals surface area (Å²) in [5.74, 6) is -0.996. The van der Waals surface area contributed by atoms with Crippen LogP contribution in [-0.2, 0) is 9.59 Å². The van der Waals surface area contributed by atoms with Crippen LogP contribution < -0.4 is 5.23 Å². The molecule has 6 heteroatoms. The van der Waals surface area contributed by atoms with Crippen LogP contribution in [0.4, 0.5) is 0 Å². The van der Waals surface area contributed by atoms with Crippen LogP contribution in [0.5, 0.6) is 0 Å². The van der Waals surface area contributed by atoms with Crippen LogP contribution >= 0.6 is 0 Å². The molecule has 0 unspecified atom stereocenters. The number of Topliss-reactive ketones (excluding diaryl/α,β-unsaturated/α-hetero) is 2. The summed E-state index contributed by atoms with van der Waals surface area (Å²) in [5, 5.41) is 10.6. The molecule has 2 N–H and O–H groups in total. The van der Waals surface area contributed by atoms with E-state index < -0.39 is 11.6 Å². The normalized spacial score (nSPS) is 9.27. The number of rotatable bonds is 5. The number of ketones is 2. The van der Waals surface area contributed by atoms with Crippen molar-refractivity contribution in [1.29, 1.82) is 0 Å². The van der Waals surface area contributed by atoms with E-state index in [9.17, 15) is 9.59 Å². The minimum absolute atomic E-state index is 0.0706. The van der Waals surface area contributed by atoms with Gasteiger partial charge in [-0.15, -0.1) is 0 Å². The first kappa shape index (κ1) is 9.96. The van der Waals surface area contributed by atoms with E-state index in [0.29, 0.717) is 0 Å². The van der Waals surface area contributed by atoms with Crippen LogP contribution in [0.2, 0.25) is 0 Å². The van der Waals surface area contributed by atoms with E-state index in [-0.39, 0.29) is 13.3 Å². The number of hydrogen-bond acceptors (Lipinski definition) is 4. The first-order valence-electron chi connectivity index (χ1n) is 3.04. The zero-order valence-electron chi connectivity index (χ0n) is 6.20. The summed E-state index contributed by atoms with van der Waals surface area (Å²) >= 11 is 0. The van der Waals surface area contributed by atoms with Crippen molar-refractivity contribution in [3.05, 3.63) is 0 Å². The first-order valence-corrected chi connectivity index (χ1v) is 3.04. The van der Waals surface area contributed by atoms with Gasteiger partial charge in [-0.1, -0.05) is 0 Å². The molecule has 0 aliphatic carbocycles. The number of nitrogens with one attached hydrogen (secondary N) is 1. The van der Waals surface area contributed by atoms with Crippen molar-refractivity contribution in [2.75, 3.05) is 13.3 Å². The Kier molecular flexibility index (Phi) is 5.19. The molecule has 0 rings (SSSR count). The molecule has 0 heterocycles. The molecular weight excluding hydrogens is 147 g/mol. The van der Waals surface area contributed by atoms with Crippen molar-refractivity contribution in [3.63, 3.8) is 0 Å². The van der Waals surface area contributed by atoms with E-state index in [2.05, 4.69) is 10.1 Å². The van der Waals surface area contributed by atoms with E-state index in [1.54, 1.807) is 0 Å². The van der Waals surface area contributed by atoms with Gasteiger partial charge in [-0.2, -0.15) is 0 Å². The van der Waals surface area contributed by atoms with E-state index in [4.69, 9.17) is 5.11 Å². The maximum atomic E-state index is 10.6. The average molecular weight is 156 g/mol. The second-order valence-electron chi connectivity index (χ2n) is 1.81. The average Bonchev–Trinajstić information content (AvgIpc) is 1.97. The Bertz CT molecular complexity index is 181. The van der Waals surface area contributed by atoms with Crippen LogP contribution in [0.3, 0.4) is 0 Å². The predicted molar refractivity (Wildman–Crippen MR) is 39.0 cm³/mol. The third-order valence-corrected chi connectivity index (χ3v) is 0.920. The zero-order valence-corrected chi connectivity index (χ0v) is 6.20. The molecule has 0 fully saturated rings. The molecule has 0 saturated carbocycles. The molecule has 0 aromatic rings. The van der Waals surface area contributed by atoms with E-state index >= 15 is 0 Å². The van der Waals surface area contributed by atoms with Gasteiger partial charge in [0.05, 0.1) is 0 Å². The van der Waals surface area contributed by atoms with Gasteiger partial charge in [-0.3, -0.25) is 0 Å². The van der Waals surface area contributed by atoms with Gasteiger partial charge in [0.15, 0.2) is 0 Å². The summed E-state index contributed by atoms with van der Waals surface area (Å²) in [5.41, 5.74) is 0. The Balaban J connectivity index is 3.47. The quantitative estimate of drug-likeness (QED) is 0.374. The fourth-order valence-corrected chi connectivity index (χ4v) is 0.368. The molecule has 0 bridgehead atoms. The third-order valence-electron chi connectivity index (χ3n) is 0.920. The molecule has 0 aliphatic heterocycles. The molecule has 0 saturated heterocycles. The number of aliphatic hydroxyl groups excluding tert-OH is 1. The van der Waals surface area contributed by atoms with Crippen molar-refractivity contribution >= 4 is 18.8 Å². The molecule has 0 aromatic heterocycles. The molecule has 60 valence electrons. The minimum atomic E-state index is -0.505. The summed E-state index contributed by atoms with van der Waals surface area (Å²) in [6, 6.07) is 0. The van der Waals surface area contributed by atoms with Gasteiger partial charge in [0, 0.05) is 0 Å². The molecule has 0 spiro atoms. The summed E-state index contributed by atoms with van der Waals surface area (Å²) in [7, 11) is 1.18. The Hall–Kier alpha value is -1.04. The van der Waals surface area contributed by atoms with Gasteiger partial charge in [-0.25, -0.2) is 0 Å². The molecule has 0 radical (unpaired) electrons. The Morgan fingerprint density at radius 3 is 2.73 bits per heavy atom. The standard InChI is InChI=1S/C5H9BN2O3/c1-4(10)5(11)2-7-6-8-3-9/h7,9H,2-3H2,1H3. The van der Waals surface area contributed by atoms with Crippen molar-refractivity contribution in [2.45, 2.75) is 6.92 Å². The summed E-state index contributed by atoms with van der Waals surface area (Å²) in [4.78, 5) is 24.3. The second kappa shape index (κ2) is 5.73. The van der Waals surface area contributed by atoms with Gasteiger partial charge in [0.2, 0.25) is 0 Å². The number of nitrogens with zero attached hydrogens (tertiary/aromatic N) is 1. The number of carbonyl (C=O) groups is 2. The van der Waals surface area contributed by atoms with Crippen molar-refractivity contribution in [3.8, 4) is 0 Å². The van der Waals surface area contributed by atoms with Crippen LogP contribution in [0.15, 0.2) is 4.90 Å². The molecular formula is C5H9BN2O3. The topological polar surface area (TPSA) is 78.8 Å². The van der Waals surface area contributed by atoms with Gasteiger partial charge < -0.3 is 0 Å². The fraction of sp³-hybridized carbons (Fsp3) is 0.600. The number of carbonyl (C=O) groups excluding carboxylic acids is 2. The second-order valence-corrected chi connectivity index (χ2v) is 1.81. The van der Waals surface area contributed by atoms with Gasteiger partial charge in [-0.05, 0) is 0 Å². The van der Waals surface area contributed by atoms with Gasteiger partial charge in [0.1, 0.15) is 0 Å². The van der Waals surface area contributed by atoms with Crippen molar-refractivity contribution < 1.29 is 14.7 Å². The number of hydrogen-bond donors (Lipinski definition) is 2. The van der Waals surface area contributed by atoms with Crippen LogP contribution in [-0.4, -0.2) is 37.2 Å². The van der Waals surface area contributed by atoms with E-state index in [0.717, 1.165) is 0 Å². The fourth-order valence-electron chi connectivity index (χ4n) is 0.368. The number of aliphatic hydroxyl groups is 1.